The molecule has 1 aliphatic rings. The van der Waals surface area contributed by atoms with Gasteiger partial charge in [-0.15, -0.1) is 0 Å². The molecule has 1 fully saturated rings. The second-order valence-electron chi connectivity index (χ2n) is 4.20. The molecule has 17 heavy (non-hydrogen) atoms. The molecular weight excluding hydrogens is 222 g/mol. The topological polar surface area (TPSA) is 88.6 Å². The number of hydrogen-bond donors (Lipinski definition) is 2. The van der Waals surface area contributed by atoms with Gasteiger partial charge in [0.2, 0.25) is 11.8 Å². The predicted molar refractivity (Wildman–Crippen MR) is 59.8 cm³/mol. The molecule has 0 aliphatic carbocycles. The Bertz CT molecular complexity index is 398. The van der Waals surface area contributed by atoms with Gasteiger partial charge in [0.05, 0.1) is 25.4 Å². The highest BCUT2D eigenvalue weighted by Gasteiger charge is 2.32. The molecule has 0 bridgehead atoms. The van der Waals surface area contributed by atoms with Crippen molar-refractivity contribution in [3.05, 3.63) is 24.2 Å². The van der Waals surface area contributed by atoms with Crippen molar-refractivity contribution in [2.24, 2.45) is 5.73 Å². The summed E-state index contributed by atoms with van der Waals surface area (Å²) in [6, 6.07) is 3.06. The molecule has 2 rings (SSSR count). The molecule has 1 aliphatic heterocycles. The van der Waals surface area contributed by atoms with Crippen molar-refractivity contribution in [2.45, 2.75) is 19.0 Å². The van der Waals surface area contributed by atoms with Crippen molar-refractivity contribution in [3.63, 3.8) is 0 Å². The van der Waals surface area contributed by atoms with Crippen LogP contribution in [0.15, 0.2) is 22.8 Å². The van der Waals surface area contributed by atoms with Crippen LogP contribution in [0.2, 0.25) is 0 Å². The fourth-order valence-corrected chi connectivity index (χ4v) is 2.09. The number of carbonyl (C=O) groups excluding carboxylic acids is 2. The van der Waals surface area contributed by atoms with Crippen molar-refractivity contribution in [1.82, 2.24) is 10.2 Å². The smallest absolute Gasteiger partial charge is 0.240 e. The van der Waals surface area contributed by atoms with E-state index in [4.69, 9.17) is 10.2 Å². The molecule has 2 atom stereocenters. The van der Waals surface area contributed by atoms with Gasteiger partial charge in [-0.2, -0.15) is 0 Å². The number of nitrogens with two attached hydrogens (primary N) is 1. The van der Waals surface area contributed by atoms with E-state index < -0.39 is 0 Å². The van der Waals surface area contributed by atoms with E-state index in [0.717, 1.165) is 0 Å². The first-order valence-corrected chi connectivity index (χ1v) is 5.43. The summed E-state index contributed by atoms with van der Waals surface area (Å²) in [6.45, 7) is 2.13. The molecule has 1 saturated heterocycles. The van der Waals surface area contributed by atoms with Gasteiger partial charge in [-0.05, 0) is 19.1 Å². The van der Waals surface area contributed by atoms with Gasteiger partial charge < -0.3 is 10.2 Å². The highest BCUT2D eigenvalue weighted by Crippen LogP contribution is 2.24. The zero-order chi connectivity index (χ0) is 12.4. The minimum atomic E-state index is -0.307. The van der Waals surface area contributed by atoms with Crippen LogP contribution in [0, 0.1) is 0 Å². The summed E-state index contributed by atoms with van der Waals surface area (Å²) >= 11 is 0. The molecule has 0 radical (unpaired) electrons. The average molecular weight is 237 g/mol. The fourth-order valence-electron chi connectivity index (χ4n) is 2.09. The molecule has 6 nitrogen and oxygen atoms in total. The van der Waals surface area contributed by atoms with Crippen molar-refractivity contribution in [3.8, 4) is 0 Å². The number of piperazine rings is 1. The Morgan fingerprint density at radius 2 is 2.06 bits per heavy atom. The lowest BCUT2D eigenvalue weighted by Crippen LogP contribution is -2.54. The Labute approximate surface area is 98.7 Å². The number of hydrogen-bond acceptors (Lipinski definition) is 5. The summed E-state index contributed by atoms with van der Waals surface area (Å²) < 4.78 is 5.32. The van der Waals surface area contributed by atoms with Gasteiger partial charge in [0.15, 0.2) is 0 Å². The minimum Gasteiger partial charge on any atom is -0.468 e. The number of imide groups is 1. The van der Waals surface area contributed by atoms with Crippen LogP contribution in [-0.2, 0) is 9.59 Å². The molecule has 2 heterocycles. The van der Waals surface area contributed by atoms with Gasteiger partial charge in [0.1, 0.15) is 5.76 Å². The second-order valence-corrected chi connectivity index (χ2v) is 4.20. The summed E-state index contributed by atoms with van der Waals surface area (Å²) in [5, 5.41) is 2.26. The molecule has 2 unspecified atom stereocenters. The quantitative estimate of drug-likeness (QED) is 0.700. The van der Waals surface area contributed by atoms with Crippen molar-refractivity contribution >= 4 is 11.8 Å². The fraction of sp³-hybridized carbons (Fsp3) is 0.455. The lowest BCUT2D eigenvalue weighted by molar-refractivity contribution is -0.137. The number of nitrogens with zero attached hydrogens (tertiary/aromatic N) is 1. The van der Waals surface area contributed by atoms with Crippen LogP contribution in [0.25, 0.3) is 0 Å². The largest absolute Gasteiger partial charge is 0.468 e. The Hall–Kier alpha value is -1.66. The Kier molecular flexibility index (Phi) is 3.26. The van der Waals surface area contributed by atoms with E-state index in [2.05, 4.69) is 5.32 Å². The Balaban J connectivity index is 2.22. The molecule has 3 N–H and O–H groups in total. The lowest BCUT2D eigenvalue weighted by Gasteiger charge is -2.34. The molecule has 2 amide bonds. The molecule has 92 valence electrons. The van der Waals surface area contributed by atoms with Gasteiger partial charge in [0, 0.05) is 6.04 Å². The van der Waals surface area contributed by atoms with Crippen LogP contribution in [-0.4, -0.2) is 35.8 Å². The Morgan fingerprint density at radius 3 is 2.53 bits per heavy atom. The van der Waals surface area contributed by atoms with Gasteiger partial charge in [-0.25, -0.2) is 0 Å². The van der Waals surface area contributed by atoms with Crippen LogP contribution in [0.1, 0.15) is 18.7 Å². The third-order valence-corrected chi connectivity index (χ3v) is 2.70. The van der Waals surface area contributed by atoms with E-state index >= 15 is 0 Å². The maximum Gasteiger partial charge on any atom is 0.240 e. The van der Waals surface area contributed by atoms with Gasteiger partial charge in [-0.3, -0.25) is 19.8 Å². The third-order valence-electron chi connectivity index (χ3n) is 2.70. The van der Waals surface area contributed by atoms with Crippen molar-refractivity contribution in [1.29, 1.82) is 0 Å². The first kappa shape index (κ1) is 11.8. The summed E-state index contributed by atoms with van der Waals surface area (Å²) in [5.74, 6) is 0.0550. The molecule has 0 spiro atoms. The number of rotatable bonds is 3. The summed E-state index contributed by atoms with van der Waals surface area (Å²) in [7, 11) is 0. The van der Waals surface area contributed by atoms with Crippen molar-refractivity contribution in [2.75, 3.05) is 13.1 Å². The van der Waals surface area contributed by atoms with E-state index in [0.29, 0.717) is 5.76 Å². The molecule has 6 heteroatoms. The molecule has 0 saturated carbocycles. The number of nitrogens with one attached hydrogen (secondary N) is 1. The van der Waals surface area contributed by atoms with Gasteiger partial charge >= 0.3 is 0 Å². The number of amides is 2. The van der Waals surface area contributed by atoms with Crippen LogP contribution in [0.5, 0.6) is 0 Å². The monoisotopic (exact) mass is 237 g/mol. The summed E-state index contributed by atoms with van der Waals surface area (Å²) in [5.41, 5.74) is 5.90. The molecule has 0 aromatic carbocycles. The van der Waals surface area contributed by atoms with Gasteiger partial charge in [0.25, 0.3) is 0 Å². The maximum atomic E-state index is 11.3. The number of carbonyl (C=O) groups is 2. The lowest BCUT2D eigenvalue weighted by atomic mass is 10.1. The normalized spacial score (nSPS) is 21.1. The summed E-state index contributed by atoms with van der Waals surface area (Å²) in [4.78, 5) is 24.4. The highest BCUT2D eigenvalue weighted by molar-refractivity contribution is 5.99. The van der Waals surface area contributed by atoms with Crippen LogP contribution < -0.4 is 11.1 Å². The standard InChI is InChI=1S/C11H15N3O3/c1-7(12)11(8-3-2-4-17-8)14-5-9(15)13-10(16)6-14/h2-4,7,11H,5-6,12H2,1H3,(H,13,15,16). The van der Waals surface area contributed by atoms with E-state index in [1.54, 1.807) is 23.3 Å². The van der Waals surface area contributed by atoms with E-state index in [1.165, 1.54) is 0 Å². The zero-order valence-corrected chi connectivity index (χ0v) is 9.55. The van der Waals surface area contributed by atoms with Crippen molar-refractivity contribution < 1.29 is 14.0 Å². The van der Waals surface area contributed by atoms with Crippen LogP contribution in [0.3, 0.4) is 0 Å². The second kappa shape index (κ2) is 4.68. The maximum absolute atomic E-state index is 11.3. The zero-order valence-electron chi connectivity index (χ0n) is 9.55. The first-order chi connectivity index (χ1) is 8.08. The van der Waals surface area contributed by atoms with Crippen LogP contribution in [0.4, 0.5) is 0 Å². The van der Waals surface area contributed by atoms with E-state index in [-0.39, 0.29) is 37.0 Å². The minimum absolute atomic E-state index is 0.151. The molecule has 1 aromatic heterocycles. The van der Waals surface area contributed by atoms with Crippen LogP contribution >= 0.6 is 0 Å². The molecule has 1 aromatic rings. The SMILES string of the molecule is CC(N)C(c1ccco1)N1CC(=O)NC(=O)C1. The number of furan rings is 1. The van der Waals surface area contributed by atoms with E-state index in [1.807, 2.05) is 6.92 Å². The average Bonchev–Trinajstić information content (AvgIpc) is 2.68. The van der Waals surface area contributed by atoms with E-state index in [9.17, 15) is 9.59 Å². The first-order valence-electron chi connectivity index (χ1n) is 5.43. The molecular formula is C11H15N3O3. The summed E-state index contributed by atoms with van der Waals surface area (Å²) in [6.07, 6.45) is 1.55. The highest BCUT2D eigenvalue weighted by atomic mass is 16.3. The Morgan fingerprint density at radius 1 is 1.41 bits per heavy atom. The third kappa shape index (κ3) is 2.54. The van der Waals surface area contributed by atoms with Gasteiger partial charge in [-0.1, -0.05) is 0 Å². The predicted octanol–water partition coefficient (Wildman–Crippen LogP) is -0.374.